The fourth-order valence-electron chi connectivity index (χ4n) is 3.15. The van der Waals surface area contributed by atoms with Crippen LogP contribution in [0.15, 0.2) is 48.5 Å². The SMILES string of the molecule is CC(=O)NCc1ccc(C(=O)N2Cc3ccccc3C(C(=O)O)C2)cc1. The van der Waals surface area contributed by atoms with E-state index in [-0.39, 0.29) is 18.4 Å². The molecular formula is C20H20N2O4. The average molecular weight is 352 g/mol. The molecule has 0 saturated carbocycles. The molecule has 6 nitrogen and oxygen atoms in total. The predicted octanol–water partition coefficient (Wildman–Crippen LogP) is 2.15. The van der Waals surface area contributed by atoms with Crippen LogP contribution in [0.25, 0.3) is 0 Å². The van der Waals surface area contributed by atoms with Crippen molar-refractivity contribution in [2.24, 2.45) is 0 Å². The highest BCUT2D eigenvalue weighted by molar-refractivity contribution is 5.95. The van der Waals surface area contributed by atoms with Crippen molar-refractivity contribution in [2.45, 2.75) is 25.9 Å². The third-order valence-electron chi connectivity index (χ3n) is 4.52. The lowest BCUT2D eigenvalue weighted by Gasteiger charge is -2.33. The normalized spacial score (nSPS) is 15.9. The van der Waals surface area contributed by atoms with Crippen molar-refractivity contribution in [3.05, 3.63) is 70.8 Å². The Morgan fingerprint density at radius 1 is 1.12 bits per heavy atom. The minimum absolute atomic E-state index is 0.114. The summed E-state index contributed by atoms with van der Waals surface area (Å²) in [6.07, 6.45) is 0. The predicted molar refractivity (Wildman–Crippen MR) is 95.5 cm³/mol. The lowest BCUT2D eigenvalue weighted by molar-refractivity contribution is -0.139. The number of nitrogens with zero attached hydrogens (tertiary/aromatic N) is 1. The number of hydrogen-bond donors (Lipinski definition) is 2. The third kappa shape index (κ3) is 3.74. The zero-order valence-electron chi connectivity index (χ0n) is 14.4. The first-order valence-electron chi connectivity index (χ1n) is 8.39. The fraction of sp³-hybridized carbons (Fsp3) is 0.250. The minimum atomic E-state index is -0.930. The van der Waals surface area contributed by atoms with E-state index in [0.717, 1.165) is 16.7 Å². The van der Waals surface area contributed by atoms with Gasteiger partial charge in [-0.05, 0) is 28.8 Å². The van der Waals surface area contributed by atoms with E-state index in [0.29, 0.717) is 18.7 Å². The number of carboxylic acids is 1. The standard InChI is InChI=1S/C20H20N2O4/c1-13(23)21-10-14-6-8-15(9-7-14)19(24)22-11-16-4-2-3-5-17(16)18(12-22)20(25)26/h2-9,18H,10-12H2,1H3,(H,21,23)(H,25,26). The highest BCUT2D eigenvalue weighted by Crippen LogP contribution is 2.29. The number of carboxylic acid groups (broad SMARTS) is 1. The van der Waals surface area contributed by atoms with Gasteiger partial charge in [0.2, 0.25) is 5.91 Å². The van der Waals surface area contributed by atoms with Crippen LogP contribution in [-0.2, 0) is 22.7 Å². The lowest BCUT2D eigenvalue weighted by atomic mass is 9.89. The number of carbonyl (C=O) groups excluding carboxylic acids is 2. The number of nitrogens with one attached hydrogen (secondary N) is 1. The van der Waals surface area contributed by atoms with E-state index in [4.69, 9.17) is 0 Å². The third-order valence-corrected chi connectivity index (χ3v) is 4.52. The highest BCUT2D eigenvalue weighted by Gasteiger charge is 2.32. The fourth-order valence-corrected chi connectivity index (χ4v) is 3.15. The Labute approximate surface area is 151 Å². The van der Waals surface area contributed by atoms with Crippen LogP contribution < -0.4 is 5.32 Å². The van der Waals surface area contributed by atoms with Crippen LogP contribution >= 0.6 is 0 Å². The maximum atomic E-state index is 12.8. The Hall–Kier alpha value is -3.15. The Kier molecular flexibility index (Phi) is 5.02. The summed E-state index contributed by atoms with van der Waals surface area (Å²) >= 11 is 0. The molecule has 0 aliphatic carbocycles. The van der Waals surface area contributed by atoms with E-state index in [9.17, 15) is 19.5 Å². The minimum Gasteiger partial charge on any atom is -0.481 e. The zero-order valence-corrected chi connectivity index (χ0v) is 14.4. The lowest BCUT2D eigenvalue weighted by Crippen LogP contribution is -2.40. The summed E-state index contributed by atoms with van der Waals surface area (Å²) in [6, 6.07) is 14.3. The molecule has 2 aromatic rings. The van der Waals surface area contributed by atoms with Gasteiger partial charge in [0.1, 0.15) is 0 Å². The Balaban J connectivity index is 1.78. The van der Waals surface area contributed by atoms with Crippen molar-refractivity contribution < 1.29 is 19.5 Å². The van der Waals surface area contributed by atoms with Gasteiger partial charge in [-0.1, -0.05) is 36.4 Å². The molecular weight excluding hydrogens is 332 g/mol. The second-order valence-electron chi connectivity index (χ2n) is 6.38. The van der Waals surface area contributed by atoms with Gasteiger partial charge in [0.05, 0.1) is 5.92 Å². The number of fused-ring (bicyclic) bond motifs is 1. The van der Waals surface area contributed by atoms with Crippen molar-refractivity contribution in [2.75, 3.05) is 6.54 Å². The summed E-state index contributed by atoms with van der Waals surface area (Å²) in [5.74, 6) is -1.96. The van der Waals surface area contributed by atoms with Crippen LogP contribution in [0, 0.1) is 0 Å². The van der Waals surface area contributed by atoms with Crippen molar-refractivity contribution in [1.82, 2.24) is 10.2 Å². The number of rotatable bonds is 4. The van der Waals surface area contributed by atoms with Crippen molar-refractivity contribution in [3.8, 4) is 0 Å². The van der Waals surface area contributed by atoms with Gasteiger partial charge in [0.25, 0.3) is 5.91 Å². The van der Waals surface area contributed by atoms with E-state index in [1.807, 2.05) is 24.3 Å². The summed E-state index contributed by atoms with van der Waals surface area (Å²) in [5, 5.41) is 12.2. The number of benzene rings is 2. The van der Waals surface area contributed by atoms with E-state index in [1.165, 1.54) is 6.92 Å². The molecule has 2 aromatic carbocycles. The molecule has 3 rings (SSSR count). The van der Waals surface area contributed by atoms with E-state index >= 15 is 0 Å². The largest absolute Gasteiger partial charge is 0.481 e. The van der Waals surface area contributed by atoms with Crippen LogP contribution in [0.3, 0.4) is 0 Å². The van der Waals surface area contributed by atoms with Gasteiger partial charge in [-0.15, -0.1) is 0 Å². The highest BCUT2D eigenvalue weighted by atomic mass is 16.4. The monoisotopic (exact) mass is 352 g/mol. The molecule has 1 atom stereocenters. The summed E-state index contributed by atoms with van der Waals surface area (Å²) in [5.41, 5.74) is 3.03. The first-order valence-corrected chi connectivity index (χ1v) is 8.39. The molecule has 0 bridgehead atoms. The van der Waals surface area contributed by atoms with Gasteiger partial charge in [0.15, 0.2) is 0 Å². The molecule has 134 valence electrons. The van der Waals surface area contributed by atoms with Gasteiger partial charge in [0, 0.05) is 32.1 Å². The van der Waals surface area contributed by atoms with Crippen LogP contribution in [0.5, 0.6) is 0 Å². The van der Waals surface area contributed by atoms with Crippen LogP contribution in [0.4, 0.5) is 0 Å². The number of aliphatic carboxylic acids is 1. The van der Waals surface area contributed by atoms with Crippen molar-refractivity contribution in [1.29, 1.82) is 0 Å². The van der Waals surface area contributed by atoms with Gasteiger partial charge >= 0.3 is 5.97 Å². The molecule has 6 heteroatoms. The Bertz CT molecular complexity index is 845. The molecule has 1 heterocycles. The molecule has 2 N–H and O–H groups in total. The summed E-state index contributed by atoms with van der Waals surface area (Å²) in [4.78, 5) is 37.0. The molecule has 0 radical (unpaired) electrons. The summed E-state index contributed by atoms with van der Waals surface area (Å²) in [6.45, 7) is 2.40. The van der Waals surface area contributed by atoms with Gasteiger partial charge in [-0.3, -0.25) is 14.4 Å². The van der Waals surface area contributed by atoms with Gasteiger partial charge in [-0.2, -0.15) is 0 Å². The molecule has 0 saturated heterocycles. The number of hydrogen-bond acceptors (Lipinski definition) is 3. The average Bonchev–Trinajstić information content (AvgIpc) is 2.65. The molecule has 0 spiro atoms. The van der Waals surface area contributed by atoms with Crippen molar-refractivity contribution >= 4 is 17.8 Å². The molecule has 1 unspecified atom stereocenters. The van der Waals surface area contributed by atoms with Gasteiger partial charge < -0.3 is 15.3 Å². The van der Waals surface area contributed by atoms with Crippen molar-refractivity contribution in [3.63, 3.8) is 0 Å². The van der Waals surface area contributed by atoms with Crippen LogP contribution in [0.1, 0.15) is 39.9 Å². The maximum Gasteiger partial charge on any atom is 0.312 e. The molecule has 26 heavy (non-hydrogen) atoms. The Morgan fingerprint density at radius 2 is 1.81 bits per heavy atom. The number of amides is 2. The second-order valence-corrected chi connectivity index (χ2v) is 6.38. The van der Waals surface area contributed by atoms with Crippen LogP contribution in [0.2, 0.25) is 0 Å². The second kappa shape index (κ2) is 7.39. The smallest absolute Gasteiger partial charge is 0.312 e. The molecule has 0 fully saturated rings. The molecule has 2 amide bonds. The number of carbonyl (C=O) groups is 3. The first kappa shape index (κ1) is 17.7. The Morgan fingerprint density at radius 3 is 2.46 bits per heavy atom. The summed E-state index contributed by atoms with van der Waals surface area (Å²) < 4.78 is 0. The quantitative estimate of drug-likeness (QED) is 0.883. The summed E-state index contributed by atoms with van der Waals surface area (Å²) in [7, 11) is 0. The van der Waals surface area contributed by atoms with E-state index in [2.05, 4.69) is 5.32 Å². The topological polar surface area (TPSA) is 86.7 Å². The van der Waals surface area contributed by atoms with E-state index in [1.54, 1.807) is 29.2 Å². The molecule has 0 aromatic heterocycles. The first-order chi connectivity index (χ1) is 12.5. The van der Waals surface area contributed by atoms with Crippen LogP contribution in [-0.4, -0.2) is 34.3 Å². The maximum absolute atomic E-state index is 12.8. The van der Waals surface area contributed by atoms with E-state index < -0.39 is 11.9 Å². The molecule has 1 aliphatic rings. The van der Waals surface area contributed by atoms with Gasteiger partial charge in [-0.25, -0.2) is 0 Å². The zero-order chi connectivity index (χ0) is 18.7. The molecule has 1 aliphatic heterocycles.